The summed E-state index contributed by atoms with van der Waals surface area (Å²) in [7, 11) is 0. The van der Waals surface area contributed by atoms with Crippen molar-refractivity contribution in [2.24, 2.45) is 0 Å². The van der Waals surface area contributed by atoms with Crippen LogP contribution in [0, 0.1) is 0 Å². The van der Waals surface area contributed by atoms with E-state index in [1.165, 1.54) is 0 Å². The van der Waals surface area contributed by atoms with Crippen molar-refractivity contribution in [3.8, 4) is 0 Å². The van der Waals surface area contributed by atoms with Crippen LogP contribution < -0.4 is 5.32 Å². The molecule has 1 aromatic carbocycles. The molecule has 3 nitrogen and oxygen atoms in total. The largest absolute Gasteiger partial charge is 0.382 e. The van der Waals surface area contributed by atoms with Crippen molar-refractivity contribution in [3.05, 3.63) is 29.8 Å². The van der Waals surface area contributed by atoms with Gasteiger partial charge >= 0.3 is 0 Å². The topological polar surface area (TPSA) is 32.3 Å². The highest BCUT2D eigenvalue weighted by atomic mass is 16.2. The van der Waals surface area contributed by atoms with Crippen LogP contribution in [0.25, 0.3) is 0 Å². The van der Waals surface area contributed by atoms with Crippen LogP contribution in [0.1, 0.15) is 36.5 Å². The first-order chi connectivity index (χ1) is 8.31. The molecule has 3 rings (SSSR count). The van der Waals surface area contributed by atoms with Gasteiger partial charge in [0.15, 0.2) is 0 Å². The summed E-state index contributed by atoms with van der Waals surface area (Å²) in [6.07, 6.45) is 3.34. The summed E-state index contributed by atoms with van der Waals surface area (Å²) in [6, 6.07) is 8.65. The number of carbonyl (C=O) groups is 1. The van der Waals surface area contributed by atoms with Gasteiger partial charge in [-0.1, -0.05) is 19.1 Å². The van der Waals surface area contributed by atoms with E-state index in [9.17, 15) is 4.79 Å². The van der Waals surface area contributed by atoms with Gasteiger partial charge in [0, 0.05) is 24.3 Å². The number of hydrogen-bond donors (Lipinski definition) is 1. The van der Waals surface area contributed by atoms with Gasteiger partial charge in [0.2, 0.25) is 0 Å². The number of nitrogens with one attached hydrogen (secondary N) is 1. The van der Waals surface area contributed by atoms with Crippen molar-refractivity contribution in [1.29, 1.82) is 0 Å². The summed E-state index contributed by atoms with van der Waals surface area (Å²) >= 11 is 0. The summed E-state index contributed by atoms with van der Waals surface area (Å²) in [4.78, 5) is 14.7. The maximum atomic E-state index is 12.6. The fourth-order valence-electron chi connectivity index (χ4n) is 3.08. The van der Waals surface area contributed by atoms with Crippen molar-refractivity contribution in [2.75, 3.05) is 11.9 Å². The van der Waals surface area contributed by atoms with Crippen LogP contribution in [-0.4, -0.2) is 29.4 Å². The molecule has 1 amide bonds. The minimum Gasteiger partial charge on any atom is -0.382 e. The van der Waals surface area contributed by atoms with Gasteiger partial charge in [-0.05, 0) is 31.4 Å². The van der Waals surface area contributed by atoms with Crippen LogP contribution in [-0.2, 0) is 0 Å². The number of amides is 1. The number of benzene rings is 1. The van der Waals surface area contributed by atoms with Crippen LogP contribution in [0.15, 0.2) is 24.3 Å². The Hall–Kier alpha value is -1.51. The molecule has 0 radical (unpaired) electrons. The maximum Gasteiger partial charge on any atom is 0.256 e. The predicted octanol–water partition coefficient (Wildman–Crippen LogP) is 2.50. The van der Waals surface area contributed by atoms with Crippen molar-refractivity contribution in [1.82, 2.24) is 4.90 Å². The minimum atomic E-state index is 0.208. The Kier molecular flexibility index (Phi) is 2.54. The van der Waals surface area contributed by atoms with Gasteiger partial charge in [-0.25, -0.2) is 0 Å². The predicted molar refractivity (Wildman–Crippen MR) is 68.2 cm³/mol. The van der Waals surface area contributed by atoms with Gasteiger partial charge in [-0.2, -0.15) is 0 Å². The van der Waals surface area contributed by atoms with Crippen LogP contribution in [0.4, 0.5) is 5.69 Å². The first-order valence-electron chi connectivity index (χ1n) is 6.47. The van der Waals surface area contributed by atoms with Crippen molar-refractivity contribution < 1.29 is 4.79 Å². The highest BCUT2D eigenvalue weighted by Crippen LogP contribution is 2.32. The third kappa shape index (κ3) is 1.61. The molecule has 1 fully saturated rings. The van der Waals surface area contributed by atoms with Gasteiger partial charge in [0.25, 0.3) is 5.91 Å². The lowest BCUT2D eigenvalue weighted by Gasteiger charge is -2.27. The fourth-order valence-corrected chi connectivity index (χ4v) is 3.08. The molecule has 2 aliphatic heterocycles. The Balaban J connectivity index is 2.01. The lowest BCUT2D eigenvalue weighted by Crippen LogP contribution is -2.41. The molecule has 0 aliphatic carbocycles. The van der Waals surface area contributed by atoms with Gasteiger partial charge in [0.05, 0.1) is 5.56 Å². The van der Waals surface area contributed by atoms with Gasteiger partial charge in [0.1, 0.15) is 0 Å². The van der Waals surface area contributed by atoms with Gasteiger partial charge < -0.3 is 10.2 Å². The standard InChI is InChI=1S/C14H18N2O/c1-2-10-7-8-11-9-15-13-6-4-3-5-12(13)14(17)16(10)11/h3-6,10-11,15H,2,7-9H2,1H3/t10?,11-/m0/s1. The molecular weight excluding hydrogens is 212 g/mol. The zero-order valence-corrected chi connectivity index (χ0v) is 10.1. The van der Waals surface area contributed by atoms with Crippen molar-refractivity contribution in [3.63, 3.8) is 0 Å². The molecule has 2 heterocycles. The highest BCUT2D eigenvalue weighted by molar-refractivity contribution is 6.00. The number of rotatable bonds is 1. The van der Waals surface area contributed by atoms with E-state index >= 15 is 0 Å². The van der Waals surface area contributed by atoms with Crippen LogP contribution in [0.2, 0.25) is 0 Å². The summed E-state index contributed by atoms with van der Waals surface area (Å²) in [5.41, 5.74) is 1.82. The maximum absolute atomic E-state index is 12.6. The smallest absolute Gasteiger partial charge is 0.256 e. The van der Waals surface area contributed by atoms with Gasteiger partial charge in [-0.15, -0.1) is 0 Å². The molecule has 90 valence electrons. The Morgan fingerprint density at radius 1 is 1.35 bits per heavy atom. The minimum absolute atomic E-state index is 0.208. The zero-order chi connectivity index (χ0) is 11.8. The van der Waals surface area contributed by atoms with E-state index in [1.54, 1.807) is 0 Å². The van der Waals surface area contributed by atoms with Crippen LogP contribution >= 0.6 is 0 Å². The number of carbonyl (C=O) groups excluding carboxylic acids is 1. The van der Waals surface area contributed by atoms with Crippen molar-refractivity contribution >= 4 is 11.6 Å². The van der Waals surface area contributed by atoms with E-state index < -0.39 is 0 Å². The first-order valence-corrected chi connectivity index (χ1v) is 6.47. The average molecular weight is 230 g/mol. The molecule has 0 spiro atoms. The molecule has 2 aliphatic rings. The van der Waals surface area contributed by atoms with E-state index in [0.717, 1.165) is 37.1 Å². The molecule has 3 heteroatoms. The second-order valence-electron chi connectivity index (χ2n) is 4.93. The number of hydrogen-bond acceptors (Lipinski definition) is 2. The summed E-state index contributed by atoms with van der Waals surface area (Å²) < 4.78 is 0. The molecule has 2 atom stereocenters. The zero-order valence-electron chi connectivity index (χ0n) is 10.1. The van der Waals surface area contributed by atoms with E-state index in [4.69, 9.17) is 0 Å². The Morgan fingerprint density at radius 3 is 3.00 bits per heavy atom. The van der Waals surface area contributed by atoms with Gasteiger partial charge in [-0.3, -0.25) is 4.79 Å². The van der Waals surface area contributed by atoms with E-state index in [0.29, 0.717) is 12.1 Å². The molecule has 1 aromatic rings. The normalized spacial score (nSPS) is 27.1. The molecule has 0 bridgehead atoms. The monoisotopic (exact) mass is 230 g/mol. The lowest BCUT2D eigenvalue weighted by atomic mass is 10.1. The highest BCUT2D eigenvalue weighted by Gasteiger charge is 2.38. The molecular formula is C14H18N2O. The Morgan fingerprint density at radius 2 is 2.18 bits per heavy atom. The number of fused-ring (bicyclic) bond motifs is 2. The molecule has 1 N–H and O–H groups in total. The summed E-state index contributed by atoms with van der Waals surface area (Å²) in [6.45, 7) is 3.06. The number of para-hydroxylation sites is 1. The molecule has 0 saturated carbocycles. The van der Waals surface area contributed by atoms with E-state index in [-0.39, 0.29) is 5.91 Å². The Labute approximate surface area is 102 Å². The quantitative estimate of drug-likeness (QED) is 0.804. The van der Waals surface area contributed by atoms with Crippen LogP contribution in [0.5, 0.6) is 0 Å². The second kappa shape index (κ2) is 4.06. The SMILES string of the molecule is CCC1CC[C@H]2CNc3ccccc3C(=O)N12. The third-order valence-corrected chi connectivity index (χ3v) is 4.01. The second-order valence-corrected chi connectivity index (χ2v) is 4.93. The first kappa shape index (κ1) is 10.6. The van der Waals surface area contributed by atoms with E-state index in [1.807, 2.05) is 24.3 Å². The third-order valence-electron chi connectivity index (χ3n) is 4.01. The number of anilines is 1. The molecule has 1 saturated heterocycles. The lowest BCUT2D eigenvalue weighted by molar-refractivity contribution is 0.0679. The number of nitrogens with zero attached hydrogens (tertiary/aromatic N) is 1. The summed E-state index contributed by atoms with van der Waals surface area (Å²) in [5.74, 6) is 0.208. The average Bonchev–Trinajstić information content (AvgIpc) is 2.73. The van der Waals surface area contributed by atoms with Crippen molar-refractivity contribution in [2.45, 2.75) is 38.3 Å². The fraction of sp³-hybridized carbons (Fsp3) is 0.500. The summed E-state index contributed by atoms with van der Waals surface area (Å²) in [5, 5.41) is 3.41. The molecule has 17 heavy (non-hydrogen) atoms. The Bertz CT molecular complexity index is 444. The van der Waals surface area contributed by atoms with Crippen LogP contribution in [0.3, 0.4) is 0 Å². The molecule has 1 unspecified atom stereocenters. The molecule has 0 aromatic heterocycles. The van der Waals surface area contributed by atoms with E-state index in [2.05, 4.69) is 17.1 Å².